The van der Waals surface area contributed by atoms with Crippen molar-refractivity contribution in [3.05, 3.63) is 53.1 Å². The van der Waals surface area contributed by atoms with Gasteiger partial charge in [0.1, 0.15) is 5.75 Å². The first kappa shape index (κ1) is 21.9. The second kappa shape index (κ2) is 10.3. The van der Waals surface area contributed by atoms with Gasteiger partial charge in [-0.2, -0.15) is 5.26 Å². The Morgan fingerprint density at radius 3 is 2.70 bits per heavy atom. The van der Waals surface area contributed by atoms with Gasteiger partial charge in [-0.1, -0.05) is 29.8 Å². The summed E-state index contributed by atoms with van der Waals surface area (Å²) < 4.78 is 5.43. The van der Waals surface area contributed by atoms with Gasteiger partial charge in [0.15, 0.2) is 6.54 Å². The number of carbonyl (C=O) groups is 1. The number of hydrogen-bond acceptors (Lipinski definition) is 4. The highest BCUT2D eigenvalue weighted by Gasteiger charge is 2.27. The van der Waals surface area contributed by atoms with Gasteiger partial charge in [0, 0.05) is 17.3 Å². The number of piperazine rings is 1. The first-order chi connectivity index (χ1) is 14.5. The molecule has 0 unspecified atom stereocenters. The van der Waals surface area contributed by atoms with E-state index in [1.165, 1.54) is 10.5 Å². The zero-order chi connectivity index (χ0) is 21.5. The number of aryl methyl sites for hydroxylation is 1. The number of hydrogen-bond donors (Lipinski definition) is 1. The van der Waals surface area contributed by atoms with Crippen LogP contribution in [0.25, 0.3) is 0 Å². The number of amides is 1. The number of carbonyl (C=O) groups excluding carboxylic acids is 1. The molecule has 3 rings (SSSR count). The lowest BCUT2D eigenvalue weighted by atomic mass is 10.1. The second-order valence-electron chi connectivity index (χ2n) is 7.47. The molecule has 6 nitrogen and oxygen atoms in total. The number of nitriles is 1. The number of rotatable bonds is 7. The molecule has 7 heteroatoms. The lowest BCUT2D eigenvalue weighted by Gasteiger charge is -2.35. The van der Waals surface area contributed by atoms with Gasteiger partial charge in [0.05, 0.1) is 51.5 Å². The number of para-hydroxylation sites is 2. The number of quaternary nitrogens is 1. The van der Waals surface area contributed by atoms with Gasteiger partial charge in [-0.15, -0.1) is 0 Å². The van der Waals surface area contributed by atoms with Crippen molar-refractivity contribution in [1.29, 1.82) is 5.26 Å². The molecular weight excluding hydrogens is 400 g/mol. The summed E-state index contributed by atoms with van der Waals surface area (Å²) in [6.07, 6.45) is 0.279. The van der Waals surface area contributed by atoms with Gasteiger partial charge in [-0.3, -0.25) is 4.79 Å². The fourth-order valence-electron chi connectivity index (χ4n) is 3.87. The number of halogens is 1. The van der Waals surface area contributed by atoms with Gasteiger partial charge in [0.2, 0.25) is 0 Å². The van der Waals surface area contributed by atoms with E-state index >= 15 is 0 Å². The molecule has 0 saturated carbocycles. The van der Waals surface area contributed by atoms with Crippen LogP contribution in [-0.2, 0) is 4.79 Å². The zero-order valence-electron chi connectivity index (χ0n) is 17.5. The molecule has 1 aliphatic heterocycles. The predicted molar refractivity (Wildman–Crippen MR) is 120 cm³/mol. The van der Waals surface area contributed by atoms with E-state index in [2.05, 4.69) is 17.9 Å². The van der Waals surface area contributed by atoms with Gasteiger partial charge in [0.25, 0.3) is 5.91 Å². The predicted octanol–water partition coefficient (Wildman–Crippen LogP) is 2.31. The first-order valence-electron chi connectivity index (χ1n) is 10.2. The molecule has 0 aliphatic carbocycles. The summed E-state index contributed by atoms with van der Waals surface area (Å²) in [5.41, 5.74) is 3.09. The van der Waals surface area contributed by atoms with Gasteiger partial charge < -0.3 is 19.4 Å². The van der Waals surface area contributed by atoms with E-state index in [4.69, 9.17) is 21.6 Å². The number of nitrogens with zero attached hydrogens (tertiary/aromatic N) is 3. The normalized spacial score (nSPS) is 14.3. The number of nitrogens with one attached hydrogen (secondary N) is 1. The Balaban J connectivity index is 1.65. The maximum absolute atomic E-state index is 13.1. The fraction of sp³-hybridized carbons (Fsp3) is 0.391. The summed E-state index contributed by atoms with van der Waals surface area (Å²) >= 11 is 6.18. The molecule has 158 valence electrons. The minimum absolute atomic E-state index is 0.0112. The Hall–Kier alpha value is -2.75. The van der Waals surface area contributed by atoms with E-state index in [0.29, 0.717) is 24.5 Å². The average molecular weight is 428 g/mol. The molecular formula is C23H28ClN4O2+. The smallest absolute Gasteiger partial charge is 0.282 e. The molecule has 2 aromatic rings. The van der Waals surface area contributed by atoms with Gasteiger partial charge >= 0.3 is 0 Å². The molecule has 1 aliphatic rings. The van der Waals surface area contributed by atoms with Crippen LogP contribution in [0.5, 0.6) is 5.75 Å². The monoisotopic (exact) mass is 427 g/mol. The summed E-state index contributed by atoms with van der Waals surface area (Å²) in [5.74, 6) is 0.650. The first-order valence-corrected chi connectivity index (χ1v) is 10.6. The van der Waals surface area contributed by atoms with Crippen LogP contribution in [0, 0.1) is 18.3 Å². The minimum atomic E-state index is 0.0112. The molecule has 0 aromatic heterocycles. The highest BCUT2D eigenvalue weighted by Crippen LogP contribution is 2.28. The standard InChI is InChI=1S/C23H27ClN4O2/c1-18-8-9-19(24)16-21(18)27-14-12-26(13-15-27)17-23(29)28(11-5-10-25)20-6-3-4-7-22(20)30-2/h3-4,6-9,16H,5,11-15,17H2,1-2H3/p+1. The van der Waals surface area contributed by atoms with Crippen LogP contribution in [0.1, 0.15) is 12.0 Å². The molecule has 2 aromatic carbocycles. The molecule has 1 saturated heterocycles. The molecule has 0 spiro atoms. The average Bonchev–Trinajstić information content (AvgIpc) is 2.76. The summed E-state index contributed by atoms with van der Waals surface area (Å²) in [7, 11) is 1.59. The molecule has 1 amide bonds. The van der Waals surface area contributed by atoms with Crippen molar-refractivity contribution in [1.82, 2.24) is 0 Å². The SMILES string of the molecule is COc1ccccc1N(CCC#N)C(=O)C[NH+]1CCN(c2cc(Cl)ccc2C)CC1. The van der Waals surface area contributed by atoms with E-state index in [1.807, 2.05) is 42.5 Å². The van der Waals surface area contributed by atoms with Crippen LogP contribution < -0.4 is 19.4 Å². The highest BCUT2D eigenvalue weighted by molar-refractivity contribution is 6.30. The van der Waals surface area contributed by atoms with Crippen molar-refractivity contribution >= 4 is 28.9 Å². The second-order valence-corrected chi connectivity index (χ2v) is 7.91. The highest BCUT2D eigenvalue weighted by atomic mass is 35.5. The maximum Gasteiger partial charge on any atom is 0.282 e. The van der Waals surface area contributed by atoms with Crippen LogP contribution in [0.2, 0.25) is 5.02 Å². The Morgan fingerprint density at radius 2 is 2.00 bits per heavy atom. The zero-order valence-corrected chi connectivity index (χ0v) is 18.3. The van der Waals surface area contributed by atoms with E-state index in [9.17, 15) is 4.79 Å². The summed E-state index contributed by atoms with van der Waals surface area (Å²) in [6, 6.07) is 15.6. The number of methoxy groups -OCH3 is 1. The summed E-state index contributed by atoms with van der Waals surface area (Å²) in [6.45, 7) is 6.33. The fourth-order valence-corrected chi connectivity index (χ4v) is 4.03. The van der Waals surface area contributed by atoms with Gasteiger partial charge in [-0.05, 0) is 36.8 Å². The van der Waals surface area contributed by atoms with Crippen molar-refractivity contribution in [3.8, 4) is 11.8 Å². The van der Waals surface area contributed by atoms with Crippen LogP contribution in [0.15, 0.2) is 42.5 Å². The van der Waals surface area contributed by atoms with Crippen molar-refractivity contribution in [2.45, 2.75) is 13.3 Å². The van der Waals surface area contributed by atoms with Crippen LogP contribution in [0.4, 0.5) is 11.4 Å². The quantitative estimate of drug-likeness (QED) is 0.736. The largest absolute Gasteiger partial charge is 0.495 e. The van der Waals surface area contributed by atoms with E-state index in [0.717, 1.165) is 36.9 Å². The van der Waals surface area contributed by atoms with Crippen molar-refractivity contribution in [2.75, 3.05) is 56.2 Å². The number of ether oxygens (including phenoxy) is 1. The maximum atomic E-state index is 13.1. The van der Waals surface area contributed by atoms with Crippen molar-refractivity contribution < 1.29 is 14.4 Å². The van der Waals surface area contributed by atoms with Crippen LogP contribution >= 0.6 is 11.6 Å². The molecule has 1 N–H and O–H groups in total. The molecule has 30 heavy (non-hydrogen) atoms. The Bertz CT molecular complexity index is 920. The van der Waals surface area contributed by atoms with Crippen LogP contribution in [-0.4, -0.2) is 52.3 Å². The molecule has 0 radical (unpaired) electrons. The minimum Gasteiger partial charge on any atom is -0.495 e. The lowest BCUT2D eigenvalue weighted by Crippen LogP contribution is -3.16. The molecule has 1 fully saturated rings. The van der Waals surface area contributed by atoms with Crippen molar-refractivity contribution in [2.24, 2.45) is 0 Å². The van der Waals surface area contributed by atoms with Gasteiger partial charge in [-0.25, -0.2) is 0 Å². The summed E-state index contributed by atoms with van der Waals surface area (Å²) in [4.78, 5) is 18.4. The molecule has 0 atom stereocenters. The lowest BCUT2D eigenvalue weighted by molar-refractivity contribution is -0.892. The van der Waals surface area contributed by atoms with E-state index < -0.39 is 0 Å². The van der Waals surface area contributed by atoms with Crippen LogP contribution in [0.3, 0.4) is 0 Å². The molecule has 0 bridgehead atoms. The number of anilines is 2. The Morgan fingerprint density at radius 1 is 1.27 bits per heavy atom. The topological polar surface area (TPSA) is 61.0 Å². The Kier molecular flexibility index (Phi) is 7.56. The third-order valence-electron chi connectivity index (χ3n) is 5.51. The van der Waals surface area contributed by atoms with Crippen molar-refractivity contribution in [3.63, 3.8) is 0 Å². The van der Waals surface area contributed by atoms with E-state index in [1.54, 1.807) is 12.0 Å². The van der Waals surface area contributed by atoms with E-state index in [-0.39, 0.29) is 12.3 Å². The summed E-state index contributed by atoms with van der Waals surface area (Å²) in [5, 5.41) is 9.77. The third kappa shape index (κ3) is 5.24. The Labute approximate surface area is 183 Å². The molecule has 1 heterocycles. The number of benzene rings is 2. The third-order valence-corrected chi connectivity index (χ3v) is 5.74.